The van der Waals surface area contributed by atoms with Crippen molar-refractivity contribution in [1.82, 2.24) is 0 Å². The standard InChI is InChI=1S/C17H18O2/c1-10-5-6-12-13-8-11(2)15(18)9-16(13)19-17(3,4)14(12)7-10/h5-9,18H,1-4H3. The summed E-state index contributed by atoms with van der Waals surface area (Å²) in [7, 11) is 0. The third-order valence-corrected chi connectivity index (χ3v) is 3.78. The Bertz CT molecular complexity index is 669. The van der Waals surface area contributed by atoms with Crippen LogP contribution in [0.4, 0.5) is 0 Å². The fourth-order valence-electron chi connectivity index (χ4n) is 2.69. The molecule has 2 aromatic rings. The number of phenols is 1. The van der Waals surface area contributed by atoms with Crippen LogP contribution in [-0.4, -0.2) is 5.11 Å². The molecule has 0 bridgehead atoms. The number of fused-ring (bicyclic) bond motifs is 3. The van der Waals surface area contributed by atoms with Crippen LogP contribution in [0.15, 0.2) is 30.3 Å². The van der Waals surface area contributed by atoms with Gasteiger partial charge in [0.15, 0.2) is 0 Å². The number of aromatic hydroxyl groups is 1. The highest BCUT2D eigenvalue weighted by molar-refractivity contribution is 5.78. The second-order valence-corrected chi connectivity index (χ2v) is 5.80. The number of benzene rings is 2. The van der Waals surface area contributed by atoms with Crippen molar-refractivity contribution in [3.05, 3.63) is 47.0 Å². The Morgan fingerprint density at radius 3 is 2.47 bits per heavy atom. The molecule has 0 atom stereocenters. The maximum absolute atomic E-state index is 9.86. The zero-order chi connectivity index (χ0) is 13.8. The van der Waals surface area contributed by atoms with Crippen LogP contribution in [0.25, 0.3) is 11.1 Å². The fourth-order valence-corrected chi connectivity index (χ4v) is 2.69. The van der Waals surface area contributed by atoms with Gasteiger partial charge in [0, 0.05) is 17.2 Å². The van der Waals surface area contributed by atoms with Crippen LogP contribution in [0.5, 0.6) is 11.5 Å². The lowest BCUT2D eigenvalue weighted by molar-refractivity contribution is 0.105. The molecule has 0 unspecified atom stereocenters. The minimum atomic E-state index is -0.379. The topological polar surface area (TPSA) is 29.5 Å². The Morgan fingerprint density at radius 1 is 1.00 bits per heavy atom. The van der Waals surface area contributed by atoms with Crippen molar-refractivity contribution in [3.8, 4) is 22.6 Å². The summed E-state index contributed by atoms with van der Waals surface area (Å²) >= 11 is 0. The lowest BCUT2D eigenvalue weighted by Gasteiger charge is -2.35. The minimum Gasteiger partial charge on any atom is -0.508 e. The van der Waals surface area contributed by atoms with Gasteiger partial charge in [0.25, 0.3) is 0 Å². The number of ether oxygens (including phenoxy) is 1. The molecule has 1 heterocycles. The van der Waals surface area contributed by atoms with E-state index in [2.05, 4.69) is 39.0 Å². The van der Waals surface area contributed by atoms with Crippen molar-refractivity contribution >= 4 is 0 Å². The number of rotatable bonds is 0. The molecule has 0 aliphatic carbocycles. The zero-order valence-electron chi connectivity index (χ0n) is 11.7. The van der Waals surface area contributed by atoms with Gasteiger partial charge in [0.1, 0.15) is 17.1 Å². The molecule has 0 radical (unpaired) electrons. The molecule has 2 aromatic carbocycles. The number of aryl methyl sites for hydroxylation is 2. The molecule has 0 fully saturated rings. The van der Waals surface area contributed by atoms with E-state index >= 15 is 0 Å². The molecule has 98 valence electrons. The van der Waals surface area contributed by atoms with E-state index in [1.54, 1.807) is 6.07 Å². The summed E-state index contributed by atoms with van der Waals surface area (Å²) in [6.45, 7) is 8.12. The van der Waals surface area contributed by atoms with Crippen molar-refractivity contribution in [2.45, 2.75) is 33.3 Å². The Balaban J connectivity index is 2.33. The summed E-state index contributed by atoms with van der Waals surface area (Å²) in [5.74, 6) is 1.04. The van der Waals surface area contributed by atoms with Crippen LogP contribution < -0.4 is 4.74 Å². The summed E-state index contributed by atoms with van der Waals surface area (Å²) in [5.41, 5.74) is 5.17. The Labute approximate surface area is 113 Å². The number of hydrogen-bond donors (Lipinski definition) is 1. The summed E-state index contributed by atoms with van der Waals surface area (Å²) in [4.78, 5) is 0. The predicted octanol–water partition coefficient (Wildman–Crippen LogP) is 4.30. The molecule has 0 spiro atoms. The van der Waals surface area contributed by atoms with E-state index < -0.39 is 0 Å². The maximum Gasteiger partial charge on any atom is 0.132 e. The van der Waals surface area contributed by atoms with Gasteiger partial charge in [-0.25, -0.2) is 0 Å². The van der Waals surface area contributed by atoms with Gasteiger partial charge in [-0.15, -0.1) is 0 Å². The van der Waals surface area contributed by atoms with Crippen LogP contribution >= 0.6 is 0 Å². The lowest BCUT2D eigenvalue weighted by atomic mass is 9.85. The van der Waals surface area contributed by atoms with Crippen molar-refractivity contribution in [2.24, 2.45) is 0 Å². The van der Waals surface area contributed by atoms with Crippen LogP contribution in [0.1, 0.15) is 30.5 Å². The number of hydrogen-bond acceptors (Lipinski definition) is 2. The van der Waals surface area contributed by atoms with Crippen LogP contribution in [0, 0.1) is 13.8 Å². The molecule has 0 aromatic heterocycles. The SMILES string of the molecule is Cc1ccc2c(c1)C(C)(C)Oc1cc(O)c(C)cc1-2. The van der Waals surface area contributed by atoms with Crippen molar-refractivity contribution in [3.63, 3.8) is 0 Å². The lowest BCUT2D eigenvalue weighted by Crippen LogP contribution is -2.29. The first-order valence-electron chi connectivity index (χ1n) is 6.52. The summed E-state index contributed by atoms with van der Waals surface area (Å²) in [6, 6.07) is 10.2. The van der Waals surface area contributed by atoms with Crippen LogP contribution in [0.3, 0.4) is 0 Å². The largest absolute Gasteiger partial charge is 0.508 e. The first-order chi connectivity index (χ1) is 8.88. The summed E-state index contributed by atoms with van der Waals surface area (Å²) in [5, 5.41) is 9.86. The van der Waals surface area contributed by atoms with E-state index in [-0.39, 0.29) is 11.4 Å². The van der Waals surface area contributed by atoms with E-state index in [1.165, 1.54) is 16.7 Å². The summed E-state index contributed by atoms with van der Waals surface area (Å²) in [6.07, 6.45) is 0. The van der Waals surface area contributed by atoms with Crippen molar-refractivity contribution in [1.29, 1.82) is 0 Å². The van der Waals surface area contributed by atoms with Gasteiger partial charge >= 0.3 is 0 Å². The average molecular weight is 254 g/mol. The zero-order valence-corrected chi connectivity index (χ0v) is 11.7. The van der Waals surface area contributed by atoms with Gasteiger partial charge in [-0.05, 0) is 44.9 Å². The Hall–Kier alpha value is -1.96. The highest BCUT2D eigenvalue weighted by atomic mass is 16.5. The second kappa shape index (κ2) is 3.77. The van der Waals surface area contributed by atoms with E-state index in [0.717, 1.165) is 16.9 Å². The van der Waals surface area contributed by atoms with Gasteiger partial charge < -0.3 is 9.84 Å². The van der Waals surface area contributed by atoms with Gasteiger partial charge in [-0.1, -0.05) is 23.8 Å². The van der Waals surface area contributed by atoms with Crippen LogP contribution in [0.2, 0.25) is 0 Å². The van der Waals surface area contributed by atoms with E-state index in [9.17, 15) is 5.11 Å². The van der Waals surface area contributed by atoms with Gasteiger partial charge in [-0.3, -0.25) is 0 Å². The molecule has 0 amide bonds. The maximum atomic E-state index is 9.86. The van der Waals surface area contributed by atoms with Gasteiger partial charge in [-0.2, -0.15) is 0 Å². The molecular weight excluding hydrogens is 236 g/mol. The first-order valence-corrected chi connectivity index (χ1v) is 6.52. The monoisotopic (exact) mass is 254 g/mol. The highest BCUT2D eigenvalue weighted by Gasteiger charge is 2.32. The molecule has 2 nitrogen and oxygen atoms in total. The third-order valence-electron chi connectivity index (χ3n) is 3.78. The molecule has 1 N–H and O–H groups in total. The van der Waals surface area contributed by atoms with Crippen molar-refractivity contribution in [2.75, 3.05) is 0 Å². The molecular formula is C17H18O2. The van der Waals surface area contributed by atoms with Crippen molar-refractivity contribution < 1.29 is 9.84 Å². The molecule has 19 heavy (non-hydrogen) atoms. The summed E-state index contributed by atoms with van der Waals surface area (Å²) < 4.78 is 6.08. The normalized spacial score (nSPS) is 15.4. The van der Waals surface area contributed by atoms with Gasteiger partial charge in [0.2, 0.25) is 0 Å². The van der Waals surface area contributed by atoms with E-state index in [1.807, 2.05) is 13.0 Å². The van der Waals surface area contributed by atoms with E-state index in [0.29, 0.717) is 0 Å². The average Bonchev–Trinajstić information content (AvgIpc) is 2.32. The molecule has 3 rings (SSSR count). The van der Waals surface area contributed by atoms with Gasteiger partial charge in [0.05, 0.1) is 0 Å². The highest BCUT2D eigenvalue weighted by Crippen LogP contribution is 2.47. The smallest absolute Gasteiger partial charge is 0.132 e. The quantitative estimate of drug-likeness (QED) is 0.759. The molecule has 2 heteroatoms. The third kappa shape index (κ3) is 1.79. The van der Waals surface area contributed by atoms with E-state index in [4.69, 9.17) is 4.74 Å². The second-order valence-electron chi connectivity index (χ2n) is 5.80. The number of phenolic OH excluding ortho intramolecular Hbond substituents is 1. The molecule has 0 saturated heterocycles. The minimum absolute atomic E-state index is 0.283. The molecule has 1 aliphatic rings. The fraction of sp³-hybridized carbons (Fsp3) is 0.294. The first kappa shape index (κ1) is 12.1. The predicted molar refractivity (Wildman–Crippen MR) is 76.7 cm³/mol. The Kier molecular flexibility index (Phi) is 2.40. The van der Waals surface area contributed by atoms with Crippen LogP contribution in [-0.2, 0) is 5.60 Å². The molecule has 1 aliphatic heterocycles. The Morgan fingerprint density at radius 2 is 1.74 bits per heavy atom. The molecule has 0 saturated carbocycles.